The summed E-state index contributed by atoms with van der Waals surface area (Å²) >= 11 is 0. The molecule has 6 heteroatoms. The second-order valence-corrected chi connectivity index (χ2v) is 10.8. The van der Waals surface area contributed by atoms with Crippen molar-refractivity contribution in [3.8, 4) is 0 Å². The van der Waals surface area contributed by atoms with Crippen LogP contribution in [0.4, 0.5) is 8.78 Å². The van der Waals surface area contributed by atoms with Crippen molar-refractivity contribution in [3.05, 3.63) is 118 Å². The lowest BCUT2D eigenvalue weighted by molar-refractivity contribution is -0.135. The average Bonchev–Trinajstić information content (AvgIpc) is 3.30. The highest BCUT2D eigenvalue weighted by Crippen LogP contribution is 2.29. The molecule has 0 unspecified atom stereocenters. The molecule has 1 heterocycles. The zero-order valence-electron chi connectivity index (χ0n) is 23.7. The van der Waals surface area contributed by atoms with Crippen LogP contribution < -0.4 is 0 Å². The molecule has 212 valence electrons. The number of halogens is 2. The van der Waals surface area contributed by atoms with Crippen molar-refractivity contribution in [2.24, 2.45) is 5.92 Å². The summed E-state index contributed by atoms with van der Waals surface area (Å²) in [6.45, 7) is 10.7. The van der Waals surface area contributed by atoms with Crippen LogP contribution in [0.1, 0.15) is 52.6 Å². The average molecular weight is 548 g/mol. The van der Waals surface area contributed by atoms with Crippen LogP contribution >= 0.6 is 0 Å². The first-order valence-electron chi connectivity index (χ1n) is 14.0. The molecule has 4 nitrogen and oxygen atoms in total. The molecule has 0 saturated carbocycles. The Hall–Kier alpha value is -3.51. The molecule has 3 aromatic carbocycles. The minimum atomic E-state index is -0.305. The van der Waals surface area contributed by atoms with E-state index in [9.17, 15) is 13.6 Å². The van der Waals surface area contributed by atoms with Crippen LogP contribution in [0.2, 0.25) is 0 Å². The van der Waals surface area contributed by atoms with Crippen molar-refractivity contribution >= 4 is 5.91 Å². The smallest absolute Gasteiger partial charge is 0.233 e. The Morgan fingerprint density at radius 2 is 1.68 bits per heavy atom. The van der Waals surface area contributed by atoms with Crippen LogP contribution in [0.25, 0.3) is 0 Å². The summed E-state index contributed by atoms with van der Waals surface area (Å²) in [7, 11) is 0. The fourth-order valence-corrected chi connectivity index (χ4v) is 5.41. The second-order valence-electron chi connectivity index (χ2n) is 10.8. The van der Waals surface area contributed by atoms with Crippen LogP contribution in [-0.4, -0.2) is 30.1 Å². The number of carbonyl (C=O) groups excluding carboxylic acids is 1. The van der Waals surface area contributed by atoms with E-state index < -0.39 is 0 Å². The molecule has 0 spiro atoms. The van der Waals surface area contributed by atoms with E-state index in [1.54, 1.807) is 37.8 Å². The van der Waals surface area contributed by atoms with E-state index in [1.165, 1.54) is 6.07 Å². The van der Waals surface area contributed by atoms with E-state index in [2.05, 4.69) is 18.7 Å². The van der Waals surface area contributed by atoms with Gasteiger partial charge in [-0.1, -0.05) is 61.0 Å². The number of aryl methyl sites for hydroxylation is 3. The highest BCUT2D eigenvalue weighted by Gasteiger charge is 2.37. The van der Waals surface area contributed by atoms with Crippen molar-refractivity contribution in [2.45, 2.75) is 65.5 Å². The molecule has 3 aromatic rings. The Kier molecular flexibility index (Phi) is 10.1. The third kappa shape index (κ3) is 7.57. The molecular weight excluding hydrogens is 508 g/mol. The summed E-state index contributed by atoms with van der Waals surface area (Å²) in [5, 5.41) is 0. The summed E-state index contributed by atoms with van der Waals surface area (Å²) in [5.74, 6) is -0.348. The Morgan fingerprint density at radius 1 is 0.975 bits per heavy atom. The SMILES string of the molecule is C=C1OC[C@@H](Cc2ccccc2)N1C(=O)[C@@H](CCCCOCc1ccc(F)c(C)c1)Cc1cc(C)c(F)c(C)c1. The predicted octanol–water partition coefficient (Wildman–Crippen LogP) is 7.38. The topological polar surface area (TPSA) is 38.8 Å². The van der Waals surface area contributed by atoms with Crippen molar-refractivity contribution in [1.29, 1.82) is 0 Å². The van der Waals surface area contributed by atoms with Gasteiger partial charge in [0.15, 0.2) is 5.88 Å². The zero-order chi connectivity index (χ0) is 28.6. The number of hydrogen-bond acceptors (Lipinski definition) is 3. The van der Waals surface area contributed by atoms with Gasteiger partial charge in [-0.3, -0.25) is 9.69 Å². The van der Waals surface area contributed by atoms with Crippen LogP contribution in [0.3, 0.4) is 0 Å². The summed E-state index contributed by atoms with van der Waals surface area (Å²) in [4.78, 5) is 15.7. The minimum absolute atomic E-state index is 0.00855. The standard InChI is InChI=1S/C34H39F2NO3/c1-23-16-28(13-14-32(23)35)21-39-15-9-8-12-30(19-29-17-24(2)33(36)25(3)18-29)34(38)37-26(4)40-22-31(37)20-27-10-6-5-7-11-27/h5-7,10-11,13-14,16-18,30-31H,4,8-9,12,15,19-22H2,1-3H3/t30-,31+/m0/s1. The third-order valence-corrected chi connectivity index (χ3v) is 7.54. The van der Waals surface area contributed by atoms with Gasteiger partial charge in [-0.25, -0.2) is 8.78 Å². The molecule has 40 heavy (non-hydrogen) atoms. The van der Waals surface area contributed by atoms with E-state index in [0.29, 0.717) is 61.7 Å². The molecule has 0 bridgehead atoms. The minimum Gasteiger partial charge on any atom is -0.477 e. The maximum Gasteiger partial charge on any atom is 0.233 e. The van der Waals surface area contributed by atoms with Crippen LogP contribution in [0, 0.1) is 38.3 Å². The van der Waals surface area contributed by atoms with Gasteiger partial charge in [-0.05, 0) is 92.5 Å². The molecular formula is C34H39F2NO3. The van der Waals surface area contributed by atoms with Gasteiger partial charge < -0.3 is 9.47 Å². The van der Waals surface area contributed by atoms with Crippen molar-refractivity contribution in [1.82, 2.24) is 4.90 Å². The van der Waals surface area contributed by atoms with Gasteiger partial charge in [0.05, 0.1) is 12.6 Å². The van der Waals surface area contributed by atoms with Gasteiger partial charge in [0.1, 0.15) is 18.2 Å². The van der Waals surface area contributed by atoms with Gasteiger partial charge in [0.25, 0.3) is 0 Å². The van der Waals surface area contributed by atoms with E-state index in [1.807, 2.05) is 30.3 Å². The largest absolute Gasteiger partial charge is 0.477 e. The van der Waals surface area contributed by atoms with E-state index in [0.717, 1.165) is 29.5 Å². The van der Waals surface area contributed by atoms with E-state index in [-0.39, 0.29) is 29.5 Å². The number of ether oxygens (including phenoxy) is 2. The quantitative estimate of drug-likeness (QED) is 0.222. The van der Waals surface area contributed by atoms with Crippen LogP contribution in [-0.2, 0) is 33.7 Å². The number of carbonyl (C=O) groups is 1. The number of benzene rings is 3. The Balaban J connectivity index is 1.41. The molecule has 0 N–H and O–H groups in total. The predicted molar refractivity (Wildman–Crippen MR) is 154 cm³/mol. The number of rotatable bonds is 12. The van der Waals surface area contributed by atoms with Crippen LogP contribution in [0.15, 0.2) is 73.1 Å². The number of unbranched alkanes of at least 4 members (excludes halogenated alkanes) is 1. The summed E-state index contributed by atoms with van der Waals surface area (Å²) in [6.07, 6.45) is 3.44. The Labute approximate surface area is 236 Å². The van der Waals surface area contributed by atoms with Gasteiger partial charge in [0.2, 0.25) is 5.91 Å². The van der Waals surface area contributed by atoms with Gasteiger partial charge in [0, 0.05) is 12.5 Å². The molecule has 2 atom stereocenters. The zero-order valence-corrected chi connectivity index (χ0v) is 23.7. The lowest BCUT2D eigenvalue weighted by Crippen LogP contribution is -2.41. The monoisotopic (exact) mass is 547 g/mol. The molecule has 0 radical (unpaired) electrons. The fraction of sp³-hybridized carbons (Fsp3) is 0.382. The highest BCUT2D eigenvalue weighted by molar-refractivity contribution is 5.81. The molecule has 1 saturated heterocycles. The Morgan fingerprint density at radius 3 is 2.38 bits per heavy atom. The summed E-state index contributed by atoms with van der Waals surface area (Å²) < 4.78 is 39.4. The van der Waals surface area contributed by atoms with Crippen molar-refractivity contribution in [3.63, 3.8) is 0 Å². The molecule has 1 aliphatic heterocycles. The Bertz CT molecular complexity index is 1300. The summed E-state index contributed by atoms with van der Waals surface area (Å²) in [5.41, 5.74) is 4.79. The third-order valence-electron chi connectivity index (χ3n) is 7.54. The summed E-state index contributed by atoms with van der Waals surface area (Å²) in [6, 6.07) is 18.6. The molecule has 0 aromatic heterocycles. The second kappa shape index (κ2) is 13.7. The van der Waals surface area contributed by atoms with Crippen LogP contribution in [0.5, 0.6) is 0 Å². The molecule has 4 rings (SSSR count). The van der Waals surface area contributed by atoms with Gasteiger partial charge in [-0.2, -0.15) is 0 Å². The number of nitrogens with zero attached hydrogens (tertiary/aromatic N) is 1. The first-order chi connectivity index (χ1) is 19.2. The number of hydrogen-bond donors (Lipinski definition) is 0. The van der Waals surface area contributed by atoms with E-state index in [4.69, 9.17) is 9.47 Å². The fourth-order valence-electron chi connectivity index (χ4n) is 5.41. The lowest BCUT2D eigenvalue weighted by atomic mass is 9.90. The molecule has 1 amide bonds. The normalized spacial score (nSPS) is 15.8. The first kappa shape index (κ1) is 29.5. The maximum absolute atomic E-state index is 14.3. The highest BCUT2D eigenvalue weighted by atomic mass is 19.1. The molecule has 1 aliphatic rings. The maximum atomic E-state index is 14.3. The van der Waals surface area contributed by atoms with E-state index >= 15 is 0 Å². The number of amides is 1. The molecule has 0 aliphatic carbocycles. The van der Waals surface area contributed by atoms with Crippen molar-refractivity contribution in [2.75, 3.05) is 13.2 Å². The first-order valence-corrected chi connectivity index (χ1v) is 14.0. The van der Waals surface area contributed by atoms with Gasteiger partial charge >= 0.3 is 0 Å². The molecule has 1 fully saturated rings. The lowest BCUT2D eigenvalue weighted by Gasteiger charge is -2.27. The van der Waals surface area contributed by atoms with Crippen molar-refractivity contribution < 1.29 is 23.0 Å². The van der Waals surface area contributed by atoms with Gasteiger partial charge in [-0.15, -0.1) is 0 Å².